The van der Waals surface area contributed by atoms with Crippen LogP contribution in [0.15, 0.2) is 58.3 Å². The van der Waals surface area contributed by atoms with Crippen LogP contribution in [0, 0.1) is 0 Å². The van der Waals surface area contributed by atoms with Crippen LogP contribution < -0.4 is 0 Å². The molecule has 0 aromatic heterocycles. The minimum absolute atomic E-state index is 0.0385. The van der Waals surface area contributed by atoms with Crippen molar-refractivity contribution in [3.8, 4) is 0 Å². The average molecular weight is 462 g/mol. The minimum atomic E-state index is -4.06. The van der Waals surface area contributed by atoms with Gasteiger partial charge in [-0.05, 0) is 36.8 Å². The molecule has 0 saturated heterocycles. The maximum Gasteiger partial charge on any atom is 0.338 e. The largest absolute Gasteiger partial charge is 0.462 e. The number of sulfone groups is 1. The van der Waals surface area contributed by atoms with Gasteiger partial charge in [-0.25, -0.2) is 21.6 Å². The molecule has 0 radical (unpaired) electrons. The molecule has 0 amide bonds. The van der Waals surface area contributed by atoms with E-state index >= 15 is 0 Å². The molecular formula is C18H20ClNO7S2. The van der Waals surface area contributed by atoms with Gasteiger partial charge >= 0.3 is 5.97 Å². The van der Waals surface area contributed by atoms with E-state index in [1.807, 2.05) is 0 Å². The van der Waals surface area contributed by atoms with Gasteiger partial charge in [0.15, 0.2) is 9.84 Å². The summed E-state index contributed by atoms with van der Waals surface area (Å²) in [6.07, 6.45) is 0.0914. The molecule has 29 heavy (non-hydrogen) atoms. The van der Waals surface area contributed by atoms with Crippen LogP contribution in [0.2, 0.25) is 5.02 Å². The smallest absolute Gasteiger partial charge is 0.338 e. The van der Waals surface area contributed by atoms with Gasteiger partial charge in [-0.2, -0.15) is 0 Å². The monoisotopic (exact) mass is 461 g/mol. The van der Waals surface area contributed by atoms with Crippen LogP contribution in [0.3, 0.4) is 0 Å². The number of esters is 1. The van der Waals surface area contributed by atoms with Crippen molar-refractivity contribution in [2.24, 2.45) is 0 Å². The Hall–Kier alpha value is -1.98. The van der Waals surface area contributed by atoms with E-state index in [1.165, 1.54) is 38.4 Å². The summed E-state index contributed by atoms with van der Waals surface area (Å²) in [6.45, 7) is -0.145. The van der Waals surface area contributed by atoms with E-state index in [1.54, 1.807) is 18.2 Å². The zero-order chi connectivity index (χ0) is 21.7. The van der Waals surface area contributed by atoms with Gasteiger partial charge in [-0.1, -0.05) is 34.3 Å². The third kappa shape index (κ3) is 5.77. The van der Waals surface area contributed by atoms with Gasteiger partial charge in [0.25, 0.3) is 10.0 Å². The van der Waals surface area contributed by atoms with E-state index in [0.29, 0.717) is 4.47 Å². The van der Waals surface area contributed by atoms with Crippen molar-refractivity contribution < 1.29 is 31.2 Å². The molecule has 0 heterocycles. The van der Waals surface area contributed by atoms with Crippen molar-refractivity contribution in [2.45, 2.75) is 16.2 Å². The number of carbonyl (C=O) groups excluding carboxylic acids is 1. The minimum Gasteiger partial charge on any atom is -0.462 e. The Morgan fingerprint density at radius 3 is 2.34 bits per heavy atom. The molecule has 0 spiro atoms. The summed E-state index contributed by atoms with van der Waals surface area (Å²) >= 11 is 5.94. The third-order valence-corrected chi connectivity index (χ3v) is 7.91. The van der Waals surface area contributed by atoms with Crippen molar-refractivity contribution in [1.29, 1.82) is 0 Å². The number of nitrogens with zero attached hydrogens (tertiary/aromatic N) is 1. The number of carbonyl (C=O) groups is 1. The first-order chi connectivity index (χ1) is 13.6. The predicted octanol–water partition coefficient (Wildman–Crippen LogP) is 2.54. The molecule has 2 aromatic rings. The Balaban J connectivity index is 2.02. The van der Waals surface area contributed by atoms with Crippen molar-refractivity contribution in [1.82, 2.24) is 4.47 Å². The molecule has 0 N–H and O–H groups in total. The highest BCUT2D eigenvalue weighted by Gasteiger charge is 2.25. The lowest BCUT2D eigenvalue weighted by molar-refractivity contribution is -0.0258. The molecule has 0 aliphatic rings. The number of halogens is 1. The van der Waals surface area contributed by atoms with Crippen LogP contribution in [0.4, 0.5) is 0 Å². The first kappa shape index (κ1) is 23.3. The molecule has 0 fully saturated rings. The molecule has 0 aliphatic heterocycles. The number of ether oxygens (including phenoxy) is 1. The maximum absolute atomic E-state index is 12.4. The predicted molar refractivity (Wildman–Crippen MR) is 107 cm³/mol. The molecule has 158 valence electrons. The summed E-state index contributed by atoms with van der Waals surface area (Å²) < 4.78 is 54.8. The zero-order valence-electron chi connectivity index (χ0n) is 15.7. The summed E-state index contributed by atoms with van der Waals surface area (Å²) in [7, 11) is -5.18. The molecule has 11 heteroatoms. The summed E-state index contributed by atoms with van der Waals surface area (Å²) in [5.41, 5.74) is -0.0385. The molecule has 0 unspecified atom stereocenters. The van der Waals surface area contributed by atoms with E-state index in [2.05, 4.69) is 4.84 Å². The van der Waals surface area contributed by atoms with Crippen LogP contribution in [0.1, 0.15) is 16.8 Å². The number of rotatable bonds is 9. The van der Waals surface area contributed by atoms with Crippen LogP contribution in [0.5, 0.6) is 0 Å². The normalized spacial score (nSPS) is 12.1. The molecule has 2 aromatic carbocycles. The van der Waals surface area contributed by atoms with Crippen molar-refractivity contribution >= 4 is 37.4 Å². The van der Waals surface area contributed by atoms with Gasteiger partial charge in [-0.3, -0.25) is 4.84 Å². The fraction of sp³-hybridized carbons (Fsp3) is 0.278. The zero-order valence-corrected chi connectivity index (χ0v) is 18.1. The topological polar surface area (TPSA) is 107 Å². The molecule has 0 bridgehead atoms. The van der Waals surface area contributed by atoms with Gasteiger partial charge in [0.1, 0.15) is 4.90 Å². The quantitative estimate of drug-likeness (QED) is 0.321. The number of hydroxylamine groups is 1. The first-order valence-electron chi connectivity index (χ1n) is 8.37. The lowest BCUT2D eigenvalue weighted by Crippen LogP contribution is -2.26. The molecule has 0 atom stereocenters. The van der Waals surface area contributed by atoms with E-state index in [4.69, 9.17) is 16.3 Å². The second-order valence-corrected chi connectivity index (χ2v) is 10.3. The second kappa shape index (κ2) is 9.68. The highest BCUT2D eigenvalue weighted by molar-refractivity contribution is 7.91. The Labute approximate surface area is 174 Å². The van der Waals surface area contributed by atoms with E-state index in [-0.39, 0.29) is 39.2 Å². The van der Waals surface area contributed by atoms with Gasteiger partial charge in [0.05, 0.1) is 35.0 Å². The first-order valence-corrected chi connectivity index (χ1v) is 11.8. The fourth-order valence-electron chi connectivity index (χ4n) is 2.31. The Bertz CT molecular complexity index is 1070. The van der Waals surface area contributed by atoms with Crippen molar-refractivity contribution in [3.63, 3.8) is 0 Å². The lowest BCUT2D eigenvalue weighted by atomic mass is 10.2. The van der Waals surface area contributed by atoms with Crippen molar-refractivity contribution in [3.05, 3.63) is 59.1 Å². The van der Waals surface area contributed by atoms with E-state index in [0.717, 1.165) is 6.07 Å². The Kier molecular flexibility index (Phi) is 7.78. The Morgan fingerprint density at radius 1 is 1.07 bits per heavy atom. The van der Waals surface area contributed by atoms with Crippen LogP contribution in [-0.4, -0.2) is 53.8 Å². The van der Waals surface area contributed by atoms with Crippen molar-refractivity contribution in [2.75, 3.05) is 26.5 Å². The Morgan fingerprint density at radius 2 is 1.72 bits per heavy atom. The van der Waals surface area contributed by atoms with Gasteiger partial charge in [0.2, 0.25) is 0 Å². The molecule has 2 rings (SSSR count). The van der Waals surface area contributed by atoms with Crippen LogP contribution in [-0.2, 0) is 29.4 Å². The highest BCUT2D eigenvalue weighted by Crippen LogP contribution is 2.25. The maximum atomic E-state index is 12.4. The lowest BCUT2D eigenvalue weighted by Gasteiger charge is -2.15. The summed E-state index contributed by atoms with van der Waals surface area (Å²) in [5, 5.41) is -0.0839. The molecule has 0 saturated carbocycles. The second-order valence-electron chi connectivity index (χ2n) is 5.86. The van der Waals surface area contributed by atoms with E-state index < -0.39 is 25.8 Å². The number of benzene rings is 2. The van der Waals surface area contributed by atoms with Gasteiger partial charge < -0.3 is 4.74 Å². The van der Waals surface area contributed by atoms with Gasteiger partial charge in [-0.15, -0.1) is 0 Å². The SMILES string of the molecule is CON(C)S(=O)(=O)c1cc(C(=O)OCCCS(=O)(=O)c2ccccc2)ccc1Cl. The standard InChI is InChI=1S/C18H20ClNO7S2/c1-20(26-2)29(24,25)17-13-14(9-10-16(17)19)18(21)27-11-6-12-28(22,23)15-7-4-3-5-8-15/h3-5,7-10,13H,6,11-12H2,1-2H3. The molecular weight excluding hydrogens is 442 g/mol. The van der Waals surface area contributed by atoms with Gasteiger partial charge in [0, 0.05) is 7.05 Å². The average Bonchev–Trinajstić information content (AvgIpc) is 2.71. The number of hydrogen-bond donors (Lipinski definition) is 0. The van der Waals surface area contributed by atoms with Crippen LogP contribution >= 0.6 is 11.6 Å². The molecule has 8 nitrogen and oxygen atoms in total. The van der Waals surface area contributed by atoms with Crippen LogP contribution in [0.25, 0.3) is 0 Å². The summed E-state index contributed by atoms with van der Waals surface area (Å²) in [5.74, 6) is -0.987. The molecule has 0 aliphatic carbocycles. The van der Waals surface area contributed by atoms with E-state index in [9.17, 15) is 21.6 Å². The fourth-order valence-corrected chi connectivity index (χ4v) is 5.09. The number of hydrogen-bond acceptors (Lipinski definition) is 7. The highest BCUT2D eigenvalue weighted by atomic mass is 35.5. The summed E-state index contributed by atoms with van der Waals surface area (Å²) in [6, 6.07) is 11.6. The summed E-state index contributed by atoms with van der Waals surface area (Å²) in [4.78, 5) is 16.8. The third-order valence-electron chi connectivity index (χ3n) is 3.93. The number of sulfonamides is 1.